The molecule has 0 bridgehead atoms. The predicted molar refractivity (Wildman–Crippen MR) is 117 cm³/mol. The number of hydrogen-bond donors (Lipinski definition) is 1. The van der Waals surface area contributed by atoms with E-state index in [1.54, 1.807) is 16.8 Å². The van der Waals surface area contributed by atoms with Gasteiger partial charge in [0, 0.05) is 53.9 Å². The molecule has 1 heterocycles. The van der Waals surface area contributed by atoms with E-state index in [9.17, 15) is 9.59 Å². The lowest BCUT2D eigenvalue weighted by Crippen LogP contribution is -2.56. The van der Waals surface area contributed by atoms with Gasteiger partial charge in [-0.15, -0.1) is 24.0 Å². The lowest BCUT2D eigenvalue weighted by atomic mass is 9.84. The van der Waals surface area contributed by atoms with Crippen LogP contribution in [0.25, 0.3) is 0 Å². The van der Waals surface area contributed by atoms with Gasteiger partial charge in [-0.2, -0.15) is 0 Å². The molecule has 2 fully saturated rings. The van der Waals surface area contributed by atoms with Crippen LogP contribution in [0.1, 0.15) is 32.6 Å². The molecule has 0 unspecified atom stereocenters. The smallest absolute Gasteiger partial charge is 0.409 e. The Morgan fingerprint density at radius 3 is 2.15 bits per heavy atom. The first kappa shape index (κ1) is 23.8. The van der Waals surface area contributed by atoms with Gasteiger partial charge in [0.15, 0.2) is 5.96 Å². The average Bonchev–Trinajstić information content (AvgIpc) is 3.12. The summed E-state index contributed by atoms with van der Waals surface area (Å²) in [5, 5.41) is 3.42. The maximum atomic E-state index is 12.7. The molecule has 2 aliphatic rings. The number of halogens is 1. The van der Waals surface area contributed by atoms with E-state index in [-0.39, 0.29) is 41.4 Å². The van der Waals surface area contributed by atoms with Crippen molar-refractivity contribution in [2.45, 2.75) is 32.6 Å². The molecular weight excluding hydrogens is 461 g/mol. The molecule has 0 aromatic heterocycles. The maximum Gasteiger partial charge on any atom is 0.409 e. The van der Waals surface area contributed by atoms with Gasteiger partial charge in [-0.25, -0.2) is 4.79 Å². The van der Waals surface area contributed by atoms with Crippen molar-refractivity contribution < 1.29 is 14.3 Å². The van der Waals surface area contributed by atoms with Crippen LogP contribution in [0.3, 0.4) is 0 Å². The van der Waals surface area contributed by atoms with Crippen LogP contribution in [0.4, 0.5) is 4.79 Å². The first-order valence-electron chi connectivity index (χ1n) is 9.52. The van der Waals surface area contributed by atoms with Crippen molar-refractivity contribution in [3.05, 3.63) is 0 Å². The van der Waals surface area contributed by atoms with Gasteiger partial charge >= 0.3 is 6.09 Å². The van der Waals surface area contributed by atoms with E-state index in [2.05, 4.69) is 15.2 Å². The minimum absolute atomic E-state index is 0. The number of aliphatic imine (C=N–C) groups is 1. The Balaban J connectivity index is 0.00000364. The molecule has 1 aliphatic carbocycles. The van der Waals surface area contributed by atoms with Crippen molar-refractivity contribution in [1.82, 2.24) is 20.0 Å². The molecule has 9 heteroatoms. The number of hydrogen-bond acceptors (Lipinski definition) is 4. The highest BCUT2D eigenvalue weighted by Gasteiger charge is 2.42. The van der Waals surface area contributed by atoms with E-state index < -0.39 is 0 Å². The fourth-order valence-electron chi connectivity index (χ4n) is 3.89. The van der Waals surface area contributed by atoms with Crippen LogP contribution in [-0.2, 0) is 9.53 Å². The highest BCUT2D eigenvalue weighted by atomic mass is 127. The predicted octanol–water partition coefficient (Wildman–Crippen LogP) is 1.60. The zero-order valence-electron chi connectivity index (χ0n) is 17.0. The first-order chi connectivity index (χ1) is 12.4. The summed E-state index contributed by atoms with van der Waals surface area (Å²) < 4.78 is 5.06. The summed E-state index contributed by atoms with van der Waals surface area (Å²) in [4.78, 5) is 34.5. The standard InChI is InChI=1S/C18H33N5O3.HI/c1-5-26-17(25)23-12-10-22(11-13-23)16(19-2)20-14-18(8-6-7-9-18)15(24)21(3)4;/h5-14H2,1-4H3,(H,19,20);1H. The largest absolute Gasteiger partial charge is 0.450 e. The van der Waals surface area contributed by atoms with Crippen LogP contribution in [-0.4, -0.2) is 93.1 Å². The number of nitrogens with one attached hydrogen (secondary N) is 1. The second-order valence-corrected chi connectivity index (χ2v) is 7.26. The second kappa shape index (κ2) is 10.9. The molecule has 8 nitrogen and oxygen atoms in total. The summed E-state index contributed by atoms with van der Waals surface area (Å²) in [7, 11) is 5.41. The van der Waals surface area contributed by atoms with Crippen LogP contribution >= 0.6 is 24.0 Å². The van der Waals surface area contributed by atoms with Crippen molar-refractivity contribution >= 4 is 41.9 Å². The molecule has 1 N–H and O–H groups in total. The van der Waals surface area contributed by atoms with E-state index in [4.69, 9.17) is 4.74 Å². The van der Waals surface area contributed by atoms with Crippen molar-refractivity contribution in [3.63, 3.8) is 0 Å². The number of nitrogens with zero attached hydrogens (tertiary/aromatic N) is 4. The maximum absolute atomic E-state index is 12.7. The molecule has 0 aromatic carbocycles. The number of guanidine groups is 1. The third-order valence-corrected chi connectivity index (χ3v) is 5.32. The fraction of sp³-hybridized carbons (Fsp3) is 0.833. The number of carbonyl (C=O) groups excluding carboxylic acids is 2. The summed E-state index contributed by atoms with van der Waals surface area (Å²) in [5.41, 5.74) is -0.327. The van der Waals surface area contributed by atoms with Gasteiger partial charge in [0.1, 0.15) is 0 Å². The Morgan fingerprint density at radius 2 is 1.67 bits per heavy atom. The normalized spacial score (nSPS) is 19.3. The molecule has 0 atom stereocenters. The molecule has 1 aliphatic heterocycles. The van der Waals surface area contributed by atoms with Crippen LogP contribution < -0.4 is 5.32 Å². The minimum Gasteiger partial charge on any atom is -0.450 e. The highest BCUT2D eigenvalue weighted by Crippen LogP contribution is 2.38. The van der Waals surface area contributed by atoms with E-state index in [1.807, 2.05) is 21.0 Å². The lowest BCUT2D eigenvalue weighted by molar-refractivity contribution is -0.138. The summed E-state index contributed by atoms with van der Waals surface area (Å²) in [5.74, 6) is 0.997. The molecule has 1 saturated heterocycles. The number of amides is 2. The van der Waals surface area contributed by atoms with Gasteiger partial charge in [0.2, 0.25) is 5.91 Å². The first-order valence-corrected chi connectivity index (χ1v) is 9.52. The molecule has 0 spiro atoms. The van der Waals surface area contributed by atoms with Gasteiger partial charge in [0.05, 0.1) is 12.0 Å². The Labute approximate surface area is 179 Å². The van der Waals surface area contributed by atoms with E-state index in [0.717, 1.165) is 31.6 Å². The number of rotatable bonds is 4. The average molecular weight is 495 g/mol. The monoisotopic (exact) mass is 495 g/mol. The number of carbonyl (C=O) groups is 2. The van der Waals surface area contributed by atoms with Crippen LogP contribution in [0.5, 0.6) is 0 Å². The van der Waals surface area contributed by atoms with Crippen molar-refractivity contribution in [2.75, 3.05) is 60.5 Å². The Kier molecular flexibility index (Phi) is 9.61. The zero-order valence-corrected chi connectivity index (χ0v) is 19.3. The quantitative estimate of drug-likeness (QED) is 0.365. The molecular formula is C18H34IN5O3. The molecule has 0 radical (unpaired) electrons. The van der Waals surface area contributed by atoms with Crippen molar-refractivity contribution in [1.29, 1.82) is 0 Å². The van der Waals surface area contributed by atoms with E-state index in [1.165, 1.54) is 0 Å². The van der Waals surface area contributed by atoms with Gasteiger partial charge in [-0.3, -0.25) is 9.79 Å². The Bertz CT molecular complexity index is 527. The summed E-state index contributed by atoms with van der Waals surface area (Å²) in [6.45, 7) is 5.44. The molecule has 2 rings (SSSR count). The van der Waals surface area contributed by atoms with Crippen LogP contribution in [0.2, 0.25) is 0 Å². The van der Waals surface area contributed by atoms with E-state index in [0.29, 0.717) is 39.3 Å². The summed E-state index contributed by atoms with van der Waals surface area (Å²) >= 11 is 0. The molecule has 0 aromatic rings. The highest BCUT2D eigenvalue weighted by molar-refractivity contribution is 14.0. The summed E-state index contributed by atoms with van der Waals surface area (Å²) in [6.07, 6.45) is 3.78. The number of ether oxygens (including phenoxy) is 1. The van der Waals surface area contributed by atoms with E-state index >= 15 is 0 Å². The van der Waals surface area contributed by atoms with Gasteiger partial charge in [0.25, 0.3) is 0 Å². The number of piperazine rings is 1. The Morgan fingerprint density at radius 1 is 1.11 bits per heavy atom. The van der Waals surface area contributed by atoms with Crippen LogP contribution in [0.15, 0.2) is 4.99 Å². The molecule has 2 amide bonds. The van der Waals surface area contributed by atoms with Crippen molar-refractivity contribution in [2.24, 2.45) is 10.4 Å². The van der Waals surface area contributed by atoms with Gasteiger partial charge in [-0.1, -0.05) is 12.8 Å². The van der Waals surface area contributed by atoms with Gasteiger partial charge < -0.3 is 24.8 Å². The molecule has 1 saturated carbocycles. The SMILES string of the molecule is CCOC(=O)N1CCN(C(=NC)NCC2(C(=O)N(C)C)CCCC2)CC1.I. The van der Waals surface area contributed by atoms with Gasteiger partial charge in [-0.05, 0) is 19.8 Å². The third-order valence-electron chi connectivity index (χ3n) is 5.32. The minimum atomic E-state index is -0.327. The molecule has 27 heavy (non-hydrogen) atoms. The molecule has 156 valence electrons. The third kappa shape index (κ3) is 5.86. The topological polar surface area (TPSA) is 77.5 Å². The fourth-order valence-corrected chi connectivity index (χ4v) is 3.89. The Hall–Kier alpha value is -1.26. The second-order valence-electron chi connectivity index (χ2n) is 7.26. The zero-order chi connectivity index (χ0) is 19.2. The van der Waals surface area contributed by atoms with Crippen molar-refractivity contribution in [3.8, 4) is 0 Å². The van der Waals surface area contributed by atoms with Crippen LogP contribution in [0, 0.1) is 5.41 Å². The summed E-state index contributed by atoms with van der Waals surface area (Å²) in [6, 6.07) is 0. The lowest BCUT2D eigenvalue weighted by Gasteiger charge is -2.37.